The number of carbonyl (C=O) groups is 1. The zero-order chi connectivity index (χ0) is 21.3. The number of hydrogen-bond acceptors (Lipinski definition) is 3. The van der Waals surface area contributed by atoms with Crippen molar-refractivity contribution in [2.24, 2.45) is 7.05 Å². The van der Waals surface area contributed by atoms with Crippen molar-refractivity contribution in [1.82, 2.24) is 19.4 Å². The molecule has 30 heavy (non-hydrogen) atoms. The minimum Gasteiger partial charge on any atom is -0.350 e. The molecule has 0 bridgehead atoms. The van der Waals surface area contributed by atoms with Crippen molar-refractivity contribution in [2.75, 3.05) is 0 Å². The normalized spacial score (nSPS) is 11.0. The average Bonchev–Trinajstić information content (AvgIpc) is 3.07. The van der Waals surface area contributed by atoms with Gasteiger partial charge >= 0.3 is 0 Å². The van der Waals surface area contributed by atoms with Gasteiger partial charge in [-0.1, -0.05) is 53.6 Å². The van der Waals surface area contributed by atoms with E-state index in [2.05, 4.69) is 10.3 Å². The average molecular weight is 421 g/mol. The van der Waals surface area contributed by atoms with Gasteiger partial charge in [-0.3, -0.25) is 14.2 Å². The minimum absolute atomic E-state index is 0.0882. The van der Waals surface area contributed by atoms with Gasteiger partial charge in [-0.15, -0.1) is 0 Å². The number of amides is 1. The second kappa shape index (κ2) is 8.16. The first-order chi connectivity index (χ1) is 14.4. The van der Waals surface area contributed by atoms with Crippen LogP contribution in [0.25, 0.3) is 22.2 Å². The SMILES string of the molecule is Cc1ccc(CNC(=O)Cn2cnc3c(-c4ccc(Cl)cc4)cn(C)c3c2=O)cc1. The molecule has 0 radical (unpaired) electrons. The van der Waals surface area contributed by atoms with Crippen LogP contribution in [0.4, 0.5) is 0 Å². The second-order valence-electron chi connectivity index (χ2n) is 7.30. The lowest BCUT2D eigenvalue weighted by atomic mass is 10.1. The fourth-order valence-corrected chi connectivity index (χ4v) is 3.51. The van der Waals surface area contributed by atoms with Crippen molar-refractivity contribution in [3.8, 4) is 11.1 Å². The molecule has 2 aromatic heterocycles. The predicted octanol–water partition coefficient (Wildman–Crippen LogP) is 3.68. The molecule has 0 saturated heterocycles. The van der Waals surface area contributed by atoms with Crippen LogP contribution in [0.2, 0.25) is 5.02 Å². The molecule has 0 atom stereocenters. The highest BCUT2D eigenvalue weighted by Crippen LogP contribution is 2.28. The van der Waals surface area contributed by atoms with E-state index >= 15 is 0 Å². The molecule has 4 rings (SSSR count). The maximum absolute atomic E-state index is 13.0. The molecule has 0 unspecified atom stereocenters. The molecule has 0 aliphatic rings. The third-order valence-electron chi connectivity index (χ3n) is 5.02. The third-order valence-corrected chi connectivity index (χ3v) is 5.28. The van der Waals surface area contributed by atoms with Gasteiger partial charge in [0.1, 0.15) is 17.6 Å². The highest BCUT2D eigenvalue weighted by atomic mass is 35.5. The van der Waals surface area contributed by atoms with Crippen LogP contribution in [-0.2, 0) is 24.9 Å². The largest absolute Gasteiger partial charge is 0.350 e. The smallest absolute Gasteiger partial charge is 0.278 e. The van der Waals surface area contributed by atoms with E-state index in [-0.39, 0.29) is 18.0 Å². The van der Waals surface area contributed by atoms with E-state index in [1.54, 1.807) is 23.7 Å². The zero-order valence-electron chi connectivity index (χ0n) is 16.7. The van der Waals surface area contributed by atoms with Crippen molar-refractivity contribution in [1.29, 1.82) is 0 Å². The number of nitrogens with zero attached hydrogens (tertiary/aromatic N) is 3. The number of carbonyl (C=O) groups excluding carboxylic acids is 1. The molecular formula is C23H21ClN4O2. The van der Waals surface area contributed by atoms with Crippen LogP contribution in [-0.4, -0.2) is 20.0 Å². The molecule has 0 saturated carbocycles. The van der Waals surface area contributed by atoms with Gasteiger partial charge in [0.15, 0.2) is 0 Å². The number of halogens is 1. The lowest BCUT2D eigenvalue weighted by molar-refractivity contribution is -0.121. The van der Waals surface area contributed by atoms with Gasteiger partial charge in [-0.05, 0) is 30.2 Å². The summed E-state index contributed by atoms with van der Waals surface area (Å²) in [5, 5.41) is 3.49. The summed E-state index contributed by atoms with van der Waals surface area (Å²) in [7, 11) is 1.80. The molecule has 2 heterocycles. The number of rotatable bonds is 5. The Balaban J connectivity index is 1.57. The number of aromatic nitrogens is 3. The molecule has 0 aliphatic carbocycles. The van der Waals surface area contributed by atoms with Crippen LogP contribution < -0.4 is 10.9 Å². The van der Waals surface area contributed by atoms with Gasteiger partial charge in [-0.2, -0.15) is 0 Å². The molecule has 1 amide bonds. The van der Waals surface area contributed by atoms with E-state index in [1.165, 1.54) is 10.9 Å². The van der Waals surface area contributed by atoms with Crippen LogP contribution in [0.15, 0.2) is 65.8 Å². The number of hydrogen-bond donors (Lipinski definition) is 1. The summed E-state index contributed by atoms with van der Waals surface area (Å²) in [6.45, 7) is 2.34. The van der Waals surface area contributed by atoms with Crippen molar-refractivity contribution in [2.45, 2.75) is 20.0 Å². The Hall–Kier alpha value is -3.38. The topological polar surface area (TPSA) is 68.9 Å². The quantitative estimate of drug-likeness (QED) is 0.535. The Labute approximate surface area is 178 Å². The molecular weight excluding hydrogens is 400 g/mol. The molecule has 0 spiro atoms. The first-order valence-electron chi connectivity index (χ1n) is 9.55. The molecule has 152 valence electrons. The van der Waals surface area contributed by atoms with Gasteiger partial charge in [0.2, 0.25) is 5.91 Å². The first-order valence-corrected chi connectivity index (χ1v) is 9.93. The third kappa shape index (κ3) is 4.00. The molecule has 4 aromatic rings. The number of benzene rings is 2. The molecule has 2 aromatic carbocycles. The molecule has 6 nitrogen and oxygen atoms in total. The Kier molecular flexibility index (Phi) is 5.42. The van der Waals surface area contributed by atoms with Gasteiger partial charge in [0.25, 0.3) is 5.56 Å². The Morgan fingerprint density at radius 2 is 1.80 bits per heavy atom. The van der Waals surface area contributed by atoms with Crippen molar-refractivity contribution < 1.29 is 4.79 Å². The monoisotopic (exact) mass is 420 g/mol. The van der Waals surface area contributed by atoms with Crippen LogP contribution in [0.1, 0.15) is 11.1 Å². The maximum atomic E-state index is 13.0. The van der Waals surface area contributed by atoms with E-state index in [4.69, 9.17) is 11.6 Å². The summed E-state index contributed by atoms with van der Waals surface area (Å²) in [6.07, 6.45) is 3.29. The van der Waals surface area contributed by atoms with Gasteiger partial charge < -0.3 is 9.88 Å². The highest BCUT2D eigenvalue weighted by Gasteiger charge is 2.16. The van der Waals surface area contributed by atoms with Gasteiger partial charge in [-0.25, -0.2) is 4.98 Å². The summed E-state index contributed by atoms with van der Waals surface area (Å²) < 4.78 is 3.08. The molecule has 0 aliphatic heterocycles. The van der Waals surface area contributed by atoms with Crippen molar-refractivity contribution >= 4 is 28.5 Å². The summed E-state index contributed by atoms with van der Waals surface area (Å²) in [4.78, 5) is 29.8. The van der Waals surface area contributed by atoms with E-state index in [9.17, 15) is 9.59 Å². The van der Waals surface area contributed by atoms with E-state index in [0.29, 0.717) is 22.6 Å². The summed E-state index contributed by atoms with van der Waals surface area (Å²) in [6, 6.07) is 15.3. The fourth-order valence-electron chi connectivity index (χ4n) is 3.38. The molecule has 7 heteroatoms. The van der Waals surface area contributed by atoms with E-state index in [0.717, 1.165) is 22.3 Å². The van der Waals surface area contributed by atoms with Crippen LogP contribution in [0.5, 0.6) is 0 Å². The maximum Gasteiger partial charge on any atom is 0.278 e. The summed E-state index contributed by atoms with van der Waals surface area (Å²) in [5.41, 5.74) is 4.73. The van der Waals surface area contributed by atoms with Crippen LogP contribution in [0.3, 0.4) is 0 Å². The van der Waals surface area contributed by atoms with Gasteiger partial charge in [0.05, 0.1) is 6.33 Å². The zero-order valence-corrected chi connectivity index (χ0v) is 17.5. The number of aryl methyl sites for hydroxylation is 2. The van der Waals surface area contributed by atoms with Crippen molar-refractivity contribution in [3.05, 3.63) is 87.6 Å². The standard InChI is InChI=1S/C23H21ClN4O2/c1-15-3-5-16(6-4-15)11-25-20(29)13-28-14-26-21-19(12-27(2)22(21)23(28)30)17-7-9-18(24)10-8-17/h3-10,12,14H,11,13H2,1-2H3,(H,25,29). The molecule has 1 N–H and O–H groups in total. The van der Waals surface area contributed by atoms with E-state index < -0.39 is 0 Å². The van der Waals surface area contributed by atoms with Crippen molar-refractivity contribution in [3.63, 3.8) is 0 Å². The number of fused-ring (bicyclic) bond motifs is 1. The highest BCUT2D eigenvalue weighted by molar-refractivity contribution is 6.30. The number of nitrogens with one attached hydrogen (secondary N) is 1. The fraction of sp³-hybridized carbons (Fsp3) is 0.174. The predicted molar refractivity (Wildman–Crippen MR) is 118 cm³/mol. The summed E-state index contributed by atoms with van der Waals surface area (Å²) in [5.74, 6) is -0.244. The van der Waals surface area contributed by atoms with Crippen LogP contribution in [0, 0.1) is 6.92 Å². The second-order valence-corrected chi connectivity index (χ2v) is 7.73. The van der Waals surface area contributed by atoms with E-state index in [1.807, 2.05) is 49.5 Å². The summed E-state index contributed by atoms with van der Waals surface area (Å²) >= 11 is 5.98. The first kappa shape index (κ1) is 19.9. The Bertz CT molecular complexity index is 1270. The molecule has 0 fully saturated rings. The Morgan fingerprint density at radius 3 is 2.50 bits per heavy atom. The lowest BCUT2D eigenvalue weighted by Gasteiger charge is -2.08. The minimum atomic E-state index is -0.256. The van der Waals surface area contributed by atoms with Gasteiger partial charge in [0, 0.05) is 30.4 Å². The Morgan fingerprint density at radius 1 is 1.10 bits per heavy atom. The van der Waals surface area contributed by atoms with Crippen LogP contribution >= 0.6 is 11.6 Å². The lowest BCUT2D eigenvalue weighted by Crippen LogP contribution is -2.32.